The molecule has 2 rings (SSSR count). The van der Waals surface area contributed by atoms with Crippen molar-refractivity contribution >= 4 is 11.6 Å². The number of amides is 1. The number of benzene rings is 1. The van der Waals surface area contributed by atoms with Crippen molar-refractivity contribution in [3.63, 3.8) is 0 Å². The Morgan fingerprint density at radius 3 is 2.71 bits per heavy atom. The minimum absolute atomic E-state index is 0.226. The summed E-state index contributed by atoms with van der Waals surface area (Å²) in [6.45, 7) is 0. The Morgan fingerprint density at radius 2 is 2.18 bits per heavy atom. The predicted octanol–water partition coefficient (Wildman–Crippen LogP) is 2.33. The lowest BCUT2D eigenvalue weighted by Gasteiger charge is -2.33. The normalized spacial score (nSPS) is 16.5. The van der Waals surface area contributed by atoms with E-state index in [1.807, 2.05) is 12.1 Å². The monoisotopic (exact) mass is 230 g/mol. The Labute approximate surface area is 100 Å². The molecule has 0 radical (unpaired) electrons. The summed E-state index contributed by atoms with van der Waals surface area (Å²) in [5.41, 5.74) is -0.220. The van der Waals surface area contributed by atoms with Gasteiger partial charge in [0, 0.05) is 0 Å². The molecule has 1 aromatic rings. The first-order valence-electron chi connectivity index (χ1n) is 5.57. The van der Waals surface area contributed by atoms with Gasteiger partial charge in [-0.25, -0.2) is 0 Å². The molecule has 1 saturated carbocycles. The zero-order valence-electron chi connectivity index (χ0n) is 9.69. The Kier molecular flexibility index (Phi) is 3.01. The molecule has 4 nitrogen and oxygen atoms in total. The Bertz CT molecular complexity index is 473. The lowest BCUT2D eigenvalue weighted by atomic mass is 9.69. The van der Waals surface area contributed by atoms with Crippen LogP contribution in [0.1, 0.15) is 19.3 Å². The molecule has 0 spiro atoms. The number of anilines is 1. The number of nitrogens with zero attached hydrogens (tertiary/aromatic N) is 1. The van der Waals surface area contributed by atoms with Crippen LogP contribution in [0, 0.1) is 16.7 Å². The first kappa shape index (κ1) is 11.5. The average molecular weight is 230 g/mol. The van der Waals surface area contributed by atoms with Crippen molar-refractivity contribution in [2.24, 2.45) is 5.41 Å². The summed E-state index contributed by atoms with van der Waals surface area (Å²) >= 11 is 0. The molecule has 0 aliphatic heterocycles. The van der Waals surface area contributed by atoms with Crippen molar-refractivity contribution in [1.29, 1.82) is 5.26 Å². The van der Waals surface area contributed by atoms with Crippen LogP contribution in [0.2, 0.25) is 0 Å². The molecule has 1 aliphatic rings. The van der Waals surface area contributed by atoms with E-state index < -0.39 is 5.41 Å². The topological polar surface area (TPSA) is 62.1 Å². The van der Waals surface area contributed by atoms with Gasteiger partial charge >= 0.3 is 0 Å². The molecule has 0 atom stereocenters. The van der Waals surface area contributed by atoms with E-state index in [2.05, 4.69) is 11.4 Å². The number of methoxy groups -OCH3 is 1. The van der Waals surface area contributed by atoms with E-state index in [9.17, 15) is 4.79 Å². The molecule has 17 heavy (non-hydrogen) atoms. The van der Waals surface area contributed by atoms with E-state index in [1.54, 1.807) is 19.2 Å². The highest BCUT2D eigenvalue weighted by atomic mass is 16.5. The minimum Gasteiger partial charge on any atom is -0.495 e. The molecule has 0 bridgehead atoms. The van der Waals surface area contributed by atoms with Gasteiger partial charge < -0.3 is 10.1 Å². The highest BCUT2D eigenvalue weighted by Crippen LogP contribution is 2.41. The maximum Gasteiger partial charge on any atom is 0.244 e. The number of hydrogen-bond donors (Lipinski definition) is 1. The lowest BCUT2D eigenvalue weighted by Crippen LogP contribution is -2.40. The van der Waals surface area contributed by atoms with Crippen molar-refractivity contribution in [3.8, 4) is 11.8 Å². The van der Waals surface area contributed by atoms with Crippen molar-refractivity contribution < 1.29 is 9.53 Å². The van der Waals surface area contributed by atoms with Crippen molar-refractivity contribution in [2.75, 3.05) is 12.4 Å². The smallest absolute Gasteiger partial charge is 0.244 e. The SMILES string of the molecule is COc1ccccc1NC(=O)C1(C#N)CCC1. The molecule has 0 heterocycles. The van der Waals surface area contributed by atoms with E-state index in [-0.39, 0.29) is 5.91 Å². The Morgan fingerprint density at radius 1 is 1.47 bits per heavy atom. The number of nitriles is 1. The summed E-state index contributed by atoms with van der Waals surface area (Å²) in [5.74, 6) is 0.379. The van der Waals surface area contributed by atoms with Crippen LogP contribution >= 0.6 is 0 Å². The van der Waals surface area contributed by atoms with Gasteiger partial charge in [0.1, 0.15) is 11.2 Å². The second-order valence-corrected chi connectivity index (χ2v) is 4.20. The van der Waals surface area contributed by atoms with E-state index in [0.29, 0.717) is 24.3 Å². The number of carbonyl (C=O) groups excluding carboxylic acids is 1. The summed E-state index contributed by atoms with van der Waals surface area (Å²) in [5, 5.41) is 11.8. The zero-order valence-corrected chi connectivity index (χ0v) is 9.69. The third-order valence-electron chi connectivity index (χ3n) is 3.21. The van der Waals surface area contributed by atoms with Crippen LogP contribution in [0.4, 0.5) is 5.69 Å². The van der Waals surface area contributed by atoms with Crippen LogP contribution in [0.5, 0.6) is 5.75 Å². The van der Waals surface area contributed by atoms with Crippen molar-refractivity contribution in [3.05, 3.63) is 24.3 Å². The summed E-state index contributed by atoms with van der Waals surface area (Å²) in [7, 11) is 1.55. The molecule has 4 heteroatoms. The molecular formula is C13H14N2O2. The van der Waals surface area contributed by atoms with Gasteiger partial charge in [0.15, 0.2) is 0 Å². The second kappa shape index (κ2) is 4.46. The van der Waals surface area contributed by atoms with Gasteiger partial charge in [-0.15, -0.1) is 0 Å². The fourth-order valence-corrected chi connectivity index (χ4v) is 1.91. The average Bonchev–Trinajstić information content (AvgIpc) is 2.29. The van der Waals surface area contributed by atoms with Gasteiger partial charge in [0.05, 0.1) is 18.9 Å². The summed E-state index contributed by atoms with van der Waals surface area (Å²) in [4.78, 5) is 12.0. The summed E-state index contributed by atoms with van der Waals surface area (Å²) in [6, 6.07) is 9.31. The molecule has 0 saturated heterocycles. The molecule has 0 unspecified atom stereocenters. The van der Waals surface area contributed by atoms with Crippen molar-refractivity contribution in [1.82, 2.24) is 0 Å². The quantitative estimate of drug-likeness (QED) is 0.866. The van der Waals surface area contributed by atoms with Crippen LogP contribution in [-0.2, 0) is 4.79 Å². The van der Waals surface area contributed by atoms with Crippen LogP contribution < -0.4 is 10.1 Å². The predicted molar refractivity (Wildman–Crippen MR) is 63.5 cm³/mol. The largest absolute Gasteiger partial charge is 0.495 e. The molecule has 1 N–H and O–H groups in total. The Hall–Kier alpha value is -2.02. The van der Waals surface area contributed by atoms with E-state index in [0.717, 1.165) is 6.42 Å². The first-order valence-corrected chi connectivity index (χ1v) is 5.57. The third-order valence-corrected chi connectivity index (χ3v) is 3.21. The van der Waals surface area contributed by atoms with Gasteiger partial charge in [-0.3, -0.25) is 4.79 Å². The number of nitrogens with one attached hydrogen (secondary N) is 1. The minimum atomic E-state index is -0.832. The standard InChI is InChI=1S/C13H14N2O2/c1-17-11-6-3-2-5-10(11)15-12(16)13(9-14)7-4-8-13/h2-3,5-6H,4,7-8H2,1H3,(H,15,16). The highest BCUT2D eigenvalue weighted by Gasteiger charge is 2.44. The third kappa shape index (κ3) is 1.96. The summed E-state index contributed by atoms with van der Waals surface area (Å²) in [6.07, 6.45) is 2.22. The highest BCUT2D eigenvalue weighted by molar-refractivity contribution is 5.98. The molecule has 1 fully saturated rings. The molecular weight excluding hydrogens is 216 g/mol. The van der Waals surface area contributed by atoms with Gasteiger partial charge in [-0.1, -0.05) is 12.1 Å². The lowest BCUT2D eigenvalue weighted by molar-refractivity contribution is -0.126. The second-order valence-electron chi connectivity index (χ2n) is 4.20. The fourth-order valence-electron chi connectivity index (χ4n) is 1.91. The van der Waals surface area contributed by atoms with Crippen LogP contribution in [-0.4, -0.2) is 13.0 Å². The molecule has 1 amide bonds. The maximum absolute atomic E-state index is 12.0. The van der Waals surface area contributed by atoms with Gasteiger partial charge in [0.2, 0.25) is 5.91 Å². The van der Waals surface area contributed by atoms with E-state index >= 15 is 0 Å². The number of para-hydroxylation sites is 2. The molecule has 1 aromatic carbocycles. The molecule has 0 aromatic heterocycles. The van der Waals surface area contributed by atoms with Crippen LogP contribution in [0.25, 0.3) is 0 Å². The number of rotatable bonds is 3. The van der Waals surface area contributed by atoms with Crippen LogP contribution in [0.15, 0.2) is 24.3 Å². The molecule has 88 valence electrons. The summed E-state index contributed by atoms with van der Waals surface area (Å²) < 4.78 is 5.15. The van der Waals surface area contributed by atoms with Crippen LogP contribution in [0.3, 0.4) is 0 Å². The fraction of sp³-hybridized carbons (Fsp3) is 0.385. The maximum atomic E-state index is 12.0. The van der Waals surface area contributed by atoms with Gasteiger partial charge in [-0.2, -0.15) is 5.26 Å². The Balaban J connectivity index is 2.16. The zero-order chi connectivity index (χ0) is 12.3. The van der Waals surface area contributed by atoms with Gasteiger partial charge in [-0.05, 0) is 31.4 Å². The number of carbonyl (C=O) groups is 1. The van der Waals surface area contributed by atoms with Crippen molar-refractivity contribution in [2.45, 2.75) is 19.3 Å². The first-order chi connectivity index (χ1) is 8.22. The van der Waals surface area contributed by atoms with E-state index in [4.69, 9.17) is 10.00 Å². The van der Waals surface area contributed by atoms with Gasteiger partial charge in [0.25, 0.3) is 0 Å². The molecule has 1 aliphatic carbocycles. The van der Waals surface area contributed by atoms with E-state index in [1.165, 1.54) is 0 Å². The number of ether oxygens (including phenoxy) is 1. The number of hydrogen-bond acceptors (Lipinski definition) is 3.